The summed E-state index contributed by atoms with van der Waals surface area (Å²) in [7, 11) is 0. The molecule has 1 aromatic carbocycles. The van der Waals surface area contributed by atoms with Crippen molar-refractivity contribution in [3.63, 3.8) is 0 Å². The molecule has 1 aliphatic rings. The molecule has 0 saturated heterocycles. The molecule has 0 aliphatic heterocycles. The van der Waals surface area contributed by atoms with E-state index in [2.05, 4.69) is 26.3 Å². The van der Waals surface area contributed by atoms with Crippen molar-refractivity contribution in [2.75, 3.05) is 0 Å². The lowest BCUT2D eigenvalue weighted by atomic mass is 10.1. The molecule has 1 aliphatic carbocycles. The molecular formula is C18H22BrN3O. The average Bonchev–Trinajstić information content (AvgIpc) is 2.75. The normalized spacial score (nSPS) is 16.1. The summed E-state index contributed by atoms with van der Waals surface area (Å²) in [6.45, 7) is 1.94. The zero-order valence-corrected chi connectivity index (χ0v) is 15.0. The van der Waals surface area contributed by atoms with Gasteiger partial charge in [0.1, 0.15) is 0 Å². The average molecular weight is 376 g/mol. The highest BCUT2D eigenvalue weighted by Crippen LogP contribution is 2.20. The molecule has 0 spiro atoms. The van der Waals surface area contributed by atoms with Gasteiger partial charge in [-0.3, -0.25) is 4.79 Å². The second-order valence-electron chi connectivity index (χ2n) is 6.19. The van der Waals surface area contributed by atoms with E-state index >= 15 is 0 Å². The molecule has 3 rings (SSSR count). The fraction of sp³-hybridized carbons (Fsp3) is 0.444. The Bertz CT molecular complexity index is 670. The second kappa shape index (κ2) is 7.30. The highest BCUT2D eigenvalue weighted by atomic mass is 79.9. The first-order chi connectivity index (χ1) is 11.1. The Labute approximate surface area is 145 Å². The molecule has 1 saturated carbocycles. The van der Waals surface area contributed by atoms with Gasteiger partial charge in [-0.15, -0.1) is 0 Å². The molecule has 122 valence electrons. The number of amides is 1. The molecule has 5 heteroatoms. The van der Waals surface area contributed by atoms with E-state index in [0.717, 1.165) is 28.7 Å². The van der Waals surface area contributed by atoms with Crippen LogP contribution in [0.15, 0.2) is 34.9 Å². The number of carbonyl (C=O) groups is 1. The summed E-state index contributed by atoms with van der Waals surface area (Å²) in [5.74, 6) is -0.00207. The van der Waals surface area contributed by atoms with Crippen LogP contribution in [0.2, 0.25) is 0 Å². The van der Waals surface area contributed by atoms with Crippen molar-refractivity contribution in [3.05, 3.63) is 46.2 Å². The van der Waals surface area contributed by atoms with E-state index in [1.807, 2.05) is 35.9 Å². The minimum absolute atomic E-state index is 0.00207. The van der Waals surface area contributed by atoms with Crippen LogP contribution in [0.25, 0.3) is 5.69 Å². The predicted octanol–water partition coefficient (Wildman–Crippen LogP) is 4.40. The van der Waals surface area contributed by atoms with Gasteiger partial charge in [0, 0.05) is 10.5 Å². The molecule has 0 unspecified atom stereocenters. The standard InChI is InChI=1S/C18H22BrN3O/c1-13-17(18(23)21-15-6-4-2-3-5-7-15)12-20-22(13)16-10-8-14(19)9-11-16/h8-12,15H,2-7H2,1H3,(H,21,23). The van der Waals surface area contributed by atoms with Gasteiger partial charge in [-0.25, -0.2) is 4.68 Å². The third-order valence-electron chi connectivity index (χ3n) is 4.52. The zero-order valence-electron chi connectivity index (χ0n) is 13.4. The molecule has 0 bridgehead atoms. The summed E-state index contributed by atoms with van der Waals surface area (Å²) >= 11 is 3.43. The maximum atomic E-state index is 12.6. The summed E-state index contributed by atoms with van der Waals surface area (Å²) in [5, 5.41) is 7.58. The van der Waals surface area contributed by atoms with Gasteiger partial charge < -0.3 is 5.32 Å². The van der Waals surface area contributed by atoms with E-state index in [1.165, 1.54) is 25.7 Å². The van der Waals surface area contributed by atoms with Crippen LogP contribution in [0, 0.1) is 6.92 Å². The summed E-state index contributed by atoms with van der Waals surface area (Å²) in [6, 6.07) is 8.22. The van der Waals surface area contributed by atoms with Gasteiger partial charge in [-0.05, 0) is 44.0 Å². The number of rotatable bonds is 3. The maximum Gasteiger partial charge on any atom is 0.254 e. The minimum Gasteiger partial charge on any atom is -0.349 e. The first-order valence-electron chi connectivity index (χ1n) is 8.26. The minimum atomic E-state index is -0.00207. The number of benzene rings is 1. The number of nitrogens with one attached hydrogen (secondary N) is 1. The van der Waals surface area contributed by atoms with Crippen LogP contribution < -0.4 is 5.32 Å². The van der Waals surface area contributed by atoms with Gasteiger partial charge in [-0.2, -0.15) is 5.10 Å². The van der Waals surface area contributed by atoms with Gasteiger partial charge >= 0.3 is 0 Å². The molecule has 1 amide bonds. The van der Waals surface area contributed by atoms with Crippen molar-refractivity contribution < 1.29 is 4.79 Å². The van der Waals surface area contributed by atoms with Crippen LogP contribution in [-0.4, -0.2) is 21.7 Å². The molecule has 1 aromatic heterocycles. The highest BCUT2D eigenvalue weighted by Gasteiger charge is 2.19. The largest absolute Gasteiger partial charge is 0.349 e. The van der Waals surface area contributed by atoms with E-state index in [1.54, 1.807) is 6.20 Å². The number of nitrogens with zero attached hydrogens (tertiary/aromatic N) is 2. The number of aromatic nitrogens is 2. The molecule has 1 fully saturated rings. The van der Waals surface area contributed by atoms with Crippen LogP contribution in [0.4, 0.5) is 0 Å². The predicted molar refractivity (Wildman–Crippen MR) is 95.0 cm³/mol. The topological polar surface area (TPSA) is 46.9 Å². The fourth-order valence-corrected chi connectivity index (χ4v) is 3.43. The van der Waals surface area contributed by atoms with E-state index < -0.39 is 0 Å². The van der Waals surface area contributed by atoms with E-state index in [9.17, 15) is 4.79 Å². The molecular weight excluding hydrogens is 354 g/mol. The van der Waals surface area contributed by atoms with Crippen molar-refractivity contribution in [2.24, 2.45) is 0 Å². The van der Waals surface area contributed by atoms with Crippen molar-refractivity contribution in [2.45, 2.75) is 51.5 Å². The Kier molecular flexibility index (Phi) is 5.16. The lowest BCUT2D eigenvalue weighted by Gasteiger charge is -2.16. The Morgan fingerprint density at radius 3 is 2.48 bits per heavy atom. The number of carbonyl (C=O) groups excluding carboxylic acids is 1. The van der Waals surface area contributed by atoms with Crippen LogP contribution >= 0.6 is 15.9 Å². The Balaban J connectivity index is 1.75. The second-order valence-corrected chi connectivity index (χ2v) is 7.11. The van der Waals surface area contributed by atoms with Crippen molar-refractivity contribution in [1.82, 2.24) is 15.1 Å². The summed E-state index contributed by atoms with van der Waals surface area (Å²) in [6.07, 6.45) is 8.84. The van der Waals surface area contributed by atoms with E-state index in [0.29, 0.717) is 11.6 Å². The Hall–Kier alpha value is -1.62. The van der Waals surface area contributed by atoms with Crippen LogP contribution in [-0.2, 0) is 0 Å². The third kappa shape index (κ3) is 3.83. The molecule has 0 radical (unpaired) electrons. The molecule has 2 aromatic rings. The molecule has 4 nitrogen and oxygen atoms in total. The van der Waals surface area contributed by atoms with E-state index in [-0.39, 0.29) is 5.91 Å². The fourth-order valence-electron chi connectivity index (χ4n) is 3.16. The molecule has 1 N–H and O–H groups in total. The van der Waals surface area contributed by atoms with Gasteiger partial charge in [0.15, 0.2) is 0 Å². The van der Waals surface area contributed by atoms with Gasteiger partial charge in [-0.1, -0.05) is 41.6 Å². The lowest BCUT2D eigenvalue weighted by molar-refractivity contribution is 0.0932. The van der Waals surface area contributed by atoms with Crippen molar-refractivity contribution >= 4 is 21.8 Å². The van der Waals surface area contributed by atoms with Crippen molar-refractivity contribution in [3.8, 4) is 5.69 Å². The third-order valence-corrected chi connectivity index (χ3v) is 5.04. The highest BCUT2D eigenvalue weighted by molar-refractivity contribution is 9.10. The zero-order chi connectivity index (χ0) is 16.2. The molecule has 1 heterocycles. The van der Waals surface area contributed by atoms with Gasteiger partial charge in [0.25, 0.3) is 5.91 Å². The number of hydrogen-bond acceptors (Lipinski definition) is 2. The summed E-state index contributed by atoms with van der Waals surface area (Å²) in [4.78, 5) is 12.6. The quantitative estimate of drug-likeness (QED) is 0.808. The van der Waals surface area contributed by atoms with Crippen LogP contribution in [0.1, 0.15) is 54.6 Å². The van der Waals surface area contributed by atoms with Crippen molar-refractivity contribution in [1.29, 1.82) is 0 Å². The Morgan fingerprint density at radius 2 is 1.83 bits per heavy atom. The van der Waals surface area contributed by atoms with Crippen LogP contribution in [0.5, 0.6) is 0 Å². The smallest absolute Gasteiger partial charge is 0.254 e. The van der Waals surface area contributed by atoms with E-state index in [4.69, 9.17) is 0 Å². The summed E-state index contributed by atoms with van der Waals surface area (Å²) in [5.41, 5.74) is 2.50. The first-order valence-corrected chi connectivity index (χ1v) is 9.06. The van der Waals surface area contributed by atoms with Gasteiger partial charge in [0.05, 0.1) is 23.1 Å². The SMILES string of the molecule is Cc1c(C(=O)NC2CCCCCC2)cnn1-c1ccc(Br)cc1. The monoisotopic (exact) mass is 375 g/mol. The Morgan fingerprint density at radius 1 is 1.17 bits per heavy atom. The molecule has 0 atom stereocenters. The molecule has 23 heavy (non-hydrogen) atoms. The summed E-state index contributed by atoms with van der Waals surface area (Å²) < 4.78 is 2.84. The number of halogens is 1. The maximum absolute atomic E-state index is 12.6. The number of hydrogen-bond donors (Lipinski definition) is 1. The lowest BCUT2D eigenvalue weighted by Crippen LogP contribution is -2.34. The van der Waals surface area contributed by atoms with Crippen LogP contribution in [0.3, 0.4) is 0 Å². The first kappa shape index (κ1) is 16.2. The van der Waals surface area contributed by atoms with Gasteiger partial charge in [0.2, 0.25) is 0 Å².